The number of hydrogen-bond acceptors (Lipinski definition) is 4. The first-order valence-electron chi connectivity index (χ1n) is 6.74. The Bertz CT molecular complexity index is 284. The summed E-state index contributed by atoms with van der Waals surface area (Å²) in [4.78, 5) is 0. The highest BCUT2D eigenvalue weighted by atomic mass is 16.3. The van der Waals surface area contributed by atoms with Crippen molar-refractivity contribution in [3.8, 4) is 0 Å². The third kappa shape index (κ3) is 4.05. The van der Waals surface area contributed by atoms with E-state index in [-0.39, 0.29) is 25.0 Å². The van der Waals surface area contributed by atoms with Crippen LogP contribution in [0.15, 0.2) is 11.6 Å². The van der Waals surface area contributed by atoms with Gasteiger partial charge in [0, 0.05) is 5.92 Å². The first kappa shape index (κ1) is 15.6. The van der Waals surface area contributed by atoms with E-state index in [4.69, 9.17) is 10.2 Å². The van der Waals surface area contributed by atoms with E-state index in [1.54, 1.807) is 6.08 Å². The van der Waals surface area contributed by atoms with Gasteiger partial charge in [-0.15, -0.1) is 0 Å². The topological polar surface area (TPSA) is 80.9 Å². The predicted molar refractivity (Wildman–Crippen MR) is 70.0 cm³/mol. The molecule has 0 aromatic heterocycles. The van der Waals surface area contributed by atoms with Gasteiger partial charge in [0.25, 0.3) is 0 Å². The van der Waals surface area contributed by atoms with Crippen LogP contribution in [0.4, 0.5) is 0 Å². The number of aliphatic hydroxyl groups is 4. The highest BCUT2D eigenvalue weighted by Gasteiger charge is 2.48. The molecule has 1 rings (SSSR count). The molecule has 0 spiro atoms. The number of rotatable bonds is 8. The first-order valence-corrected chi connectivity index (χ1v) is 6.74. The Morgan fingerprint density at radius 2 is 1.89 bits per heavy atom. The molecular formula is C14H26O4. The predicted octanol–water partition coefficient (Wildman–Crippen LogP) is 0.836. The van der Waals surface area contributed by atoms with Crippen molar-refractivity contribution >= 4 is 0 Å². The average molecular weight is 258 g/mol. The normalized spacial score (nSPS) is 23.6. The van der Waals surface area contributed by atoms with Crippen LogP contribution in [0.5, 0.6) is 0 Å². The van der Waals surface area contributed by atoms with Gasteiger partial charge >= 0.3 is 0 Å². The van der Waals surface area contributed by atoms with E-state index < -0.39 is 11.7 Å². The summed E-state index contributed by atoms with van der Waals surface area (Å²) in [5, 5.41) is 38.0. The van der Waals surface area contributed by atoms with Gasteiger partial charge in [-0.25, -0.2) is 0 Å². The third-order valence-corrected chi connectivity index (χ3v) is 4.21. The molecule has 106 valence electrons. The van der Waals surface area contributed by atoms with E-state index in [1.807, 2.05) is 13.8 Å². The minimum Gasteiger partial charge on any atom is -0.392 e. The van der Waals surface area contributed by atoms with Crippen molar-refractivity contribution in [2.45, 2.75) is 51.2 Å². The Morgan fingerprint density at radius 1 is 1.28 bits per heavy atom. The van der Waals surface area contributed by atoms with Crippen molar-refractivity contribution < 1.29 is 20.4 Å². The van der Waals surface area contributed by atoms with Crippen LogP contribution in [-0.4, -0.2) is 45.3 Å². The lowest BCUT2D eigenvalue weighted by atomic mass is 9.85. The van der Waals surface area contributed by atoms with Crippen LogP contribution in [0.2, 0.25) is 0 Å². The summed E-state index contributed by atoms with van der Waals surface area (Å²) in [5.74, 6) is -0.0369. The largest absolute Gasteiger partial charge is 0.392 e. The molecule has 0 aromatic carbocycles. The van der Waals surface area contributed by atoms with Crippen LogP contribution >= 0.6 is 0 Å². The fraction of sp³-hybridized carbons (Fsp3) is 0.857. The quantitative estimate of drug-likeness (QED) is 0.486. The van der Waals surface area contributed by atoms with E-state index in [2.05, 4.69) is 0 Å². The van der Waals surface area contributed by atoms with Crippen molar-refractivity contribution in [2.75, 3.05) is 13.2 Å². The third-order valence-electron chi connectivity index (χ3n) is 4.21. The molecule has 0 heterocycles. The van der Waals surface area contributed by atoms with Crippen molar-refractivity contribution in [2.24, 2.45) is 11.8 Å². The molecule has 1 aliphatic carbocycles. The van der Waals surface area contributed by atoms with Gasteiger partial charge in [0.15, 0.2) is 0 Å². The summed E-state index contributed by atoms with van der Waals surface area (Å²) in [6.45, 7) is 3.73. The van der Waals surface area contributed by atoms with Gasteiger partial charge in [0.2, 0.25) is 0 Å². The fourth-order valence-electron chi connectivity index (χ4n) is 2.35. The van der Waals surface area contributed by atoms with E-state index >= 15 is 0 Å². The zero-order chi connectivity index (χ0) is 13.8. The standard InChI is InChI=1S/C14H26O4/c1-10(3-4-12(9-16)5-8-15)13(17)11(2)14(18)6-7-14/h5,10-11,13,15-18H,3-4,6-9H2,1-2H3. The highest BCUT2D eigenvalue weighted by molar-refractivity contribution is 5.03. The smallest absolute Gasteiger partial charge is 0.0700 e. The van der Waals surface area contributed by atoms with Crippen LogP contribution in [0.25, 0.3) is 0 Å². The molecule has 18 heavy (non-hydrogen) atoms. The molecule has 3 atom stereocenters. The lowest BCUT2D eigenvalue weighted by Crippen LogP contribution is -2.35. The van der Waals surface area contributed by atoms with Crippen molar-refractivity contribution in [1.82, 2.24) is 0 Å². The Hall–Kier alpha value is -0.420. The second-order valence-electron chi connectivity index (χ2n) is 5.60. The Morgan fingerprint density at radius 3 is 2.33 bits per heavy atom. The van der Waals surface area contributed by atoms with E-state index in [9.17, 15) is 10.2 Å². The summed E-state index contributed by atoms with van der Waals surface area (Å²) in [6.07, 6.45) is 4.06. The summed E-state index contributed by atoms with van der Waals surface area (Å²) in [5.41, 5.74) is 0.142. The monoisotopic (exact) mass is 258 g/mol. The van der Waals surface area contributed by atoms with Gasteiger partial charge in [0.05, 0.1) is 24.9 Å². The van der Waals surface area contributed by atoms with Gasteiger partial charge in [-0.3, -0.25) is 0 Å². The second kappa shape index (κ2) is 6.66. The average Bonchev–Trinajstić information content (AvgIpc) is 3.11. The molecule has 0 saturated heterocycles. The molecule has 4 heteroatoms. The molecule has 0 amide bonds. The van der Waals surface area contributed by atoms with Crippen molar-refractivity contribution in [1.29, 1.82) is 0 Å². The Labute approximate surface area is 109 Å². The van der Waals surface area contributed by atoms with Crippen LogP contribution in [0.1, 0.15) is 39.5 Å². The molecule has 0 aromatic rings. The molecular weight excluding hydrogens is 232 g/mol. The van der Waals surface area contributed by atoms with E-state index in [1.165, 1.54) is 0 Å². The van der Waals surface area contributed by atoms with Gasteiger partial charge in [-0.05, 0) is 37.2 Å². The fourth-order valence-corrected chi connectivity index (χ4v) is 2.35. The summed E-state index contributed by atoms with van der Waals surface area (Å²) in [7, 11) is 0. The maximum atomic E-state index is 10.2. The molecule has 0 radical (unpaired) electrons. The van der Waals surface area contributed by atoms with Gasteiger partial charge in [0.1, 0.15) is 0 Å². The van der Waals surface area contributed by atoms with Crippen LogP contribution < -0.4 is 0 Å². The highest BCUT2D eigenvalue weighted by Crippen LogP contribution is 2.44. The number of hydrogen-bond donors (Lipinski definition) is 4. The van der Waals surface area contributed by atoms with Crippen molar-refractivity contribution in [3.05, 3.63) is 11.6 Å². The molecule has 1 fully saturated rings. The van der Waals surface area contributed by atoms with Crippen LogP contribution in [-0.2, 0) is 0 Å². The number of aliphatic hydroxyl groups excluding tert-OH is 3. The molecule has 4 N–H and O–H groups in total. The van der Waals surface area contributed by atoms with E-state index in [0.29, 0.717) is 6.42 Å². The van der Waals surface area contributed by atoms with Gasteiger partial charge < -0.3 is 20.4 Å². The first-order chi connectivity index (χ1) is 8.44. The molecule has 3 unspecified atom stereocenters. The summed E-state index contributed by atoms with van der Waals surface area (Å²) in [6, 6.07) is 0. The zero-order valence-electron chi connectivity index (χ0n) is 11.3. The van der Waals surface area contributed by atoms with Gasteiger partial charge in [-0.2, -0.15) is 0 Å². The van der Waals surface area contributed by atoms with Crippen LogP contribution in [0, 0.1) is 11.8 Å². The minimum absolute atomic E-state index is 0.0527. The Balaban J connectivity index is 2.40. The lowest BCUT2D eigenvalue weighted by Gasteiger charge is -2.28. The molecule has 1 saturated carbocycles. The maximum absolute atomic E-state index is 10.2. The lowest BCUT2D eigenvalue weighted by molar-refractivity contribution is -0.0217. The zero-order valence-corrected chi connectivity index (χ0v) is 11.3. The molecule has 0 aliphatic heterocycles. The van der Waals surface area contributed by atoms with E-state index in [0.717, 1.165) is 24.8 Å². The molecule has 1 aliphatic rings. The SMILES string of the molecule is CC(CCC(=CCO)CO)C(O)C(C)C1(O)CC1. The summed E-state index contributed by atoms with van der Waals surface area (Å²) >= 11 is 0. The van der Waals surface area contributed by atoms with Gasteiger partial charge in [-0.1, -0.05) is 19.9 Å². The maximum Gasteiger partial charge on any atom is 0.0700 e. The minimum atomic E-state index is -0.658. The second-order valence-corrected chi connectivity index (χ2v) is 5.60. The molecule has 0 bridgehead atoms. The summed E-state index contributed by atoms with van der Waals surface area (Å²) < 4.78 is 0. The Kier molecular flexibility index (Phi) is 5.79. The van der Waals surface area contributed by atoms with Crippen LogP contribution in [0.3, 0.4) is 0 Å². The molecule has 4 nitrogen and oxygen atoms in total. The van der Waals surface area contributed by atoms with Crippen molar-refractivity contribution in [3.63, 3.8) is 0 Å².